The lowest BCUT2D eigenvalue weighted by Gasteiger charge is -2.05. The molecule has 0 amide bonds. The number of hydrogen-bond acceptors (Lipinski definition) is 5. The predicted molar refractivity (Wildman–Crippen MR) is 76.4 cm³/mol. The van der Waals surface area contributed by atoms with E-state index in [4.69, 9.17) is 9.26 Å². The third-order valence-corrected chi connectivity index (χ3v) is 2.79. The maximum Gasteiger partial charge on any atom is 0.174 e. The third-order valence-electron chi connectivity index (χ3n) is 2.79. The number of rotatable bonds is 7. The summed E-state index contributed by atoms with van der Waals surface area (Å²) in [6.45, 7) is 8.30. The molecule has 0 fully saturated rings. The zero-order valence-corrected chi connectivity index (χ0v) is 12.2. The van der Waals surface area contributed by atoms with E-state index in [2.05, 4.69) is 29.3 Å². The van der Waals surface area contributed by atoms with Crippen LogP contribution in [-0.4, -0.2) is 16.7 Å². The molecular weight excluding hydrogens is 254 g/mol. The first-order valence-electron chi connectivity index (χ1n) is 6.84. The average molecular weight is 275 g/mol. The first kappa shape index (κ1) is 14.5. The van der Waals surface area contributed by atoms with Crippen LogP contribution in [0, 0.1) is 12.8 Å². The zero-order valence-electron chi connectivity index (χ0n) is 12.2. The van der Waals surface area contributed by atoms with Crippen molar-refractivity contribution in [1.29, 1.82) is 0 Å². The highest BCUT2D eigenvalue weighted by atomic mass is 16.5. The lowest BCUT2D eigenvalue weighted by Crippen LogP contribution is -2.19. The second-order valence-electron chi connectivity index (χ2n) is 5.18. The Morgan fingerprint density at radius 2 is 2.25 bits per heavy atom. The lowest BCUT2D eigenvalue weighted by molar-refractivity contribution is 0.246. The second kappa shape index (κ2) is 7.05. The van der Waals surface area contributed by atoms with Gasteiger partial charge in [-0.2, -0.15) is 0 Å². The first-order valence-corrected chi connectivity index (χ1v) is 6.84. The molecule has 2 heterocycles. The summed E-state index contributed by atoms with van der Waals surface area (Å²) < 4.78 is 10.9. The Balaban J connectivity index is 1.82. The van der Waals surface area contributed by atoms with Gasteiger partial charge in [0.1, 0.15) is 12.4 Å². The molecule has 0 aliphatic carbocycles. The molecule has 5 nitrogen and oxygen atoms in total. The van der Waals surface area contributed by atoms with Gasteiger partial charge in [-0.15, -0.1) is 0 Å². The van der Waals surface area contributed by atoms with Crippen LogP contribution in [0.4, 0.5) is 0 Å². The summed E-state index contributed by atoms with van der Waals surface area (Å²) in [6, 6.07) is 5.66. The fourth-order valence-corrected chi connectivity index (χ4v) is 1.77. The molecule has 2 rings (SSSR count). The number of ether oxygens (including phenoxy) is 1. The van der Waals surface area contributed by atoms with Crippen molar-refractivity contribution in [3.63, 3.8) is 0 Å². The average Bonchev–Trinajstić information content (AvgIpc) is 2.85. The Kier molecular flexibility index (Phi) is 5.12. The van der Waals surface area contributed by atoms with E-state index in [9.17, 15) is 0 Å². The summed E-state index contributed by atoms with van der Waals surface area (Å²) in [7, 11) is 0. The van der Waals surface area contributed by atoms with E-state index in [-0.39, 0.29) is 0 Å². The molecule has 0 unspecified atom stereocenters. The van der Waals surface area contributed by atoms with Crippen molar-refractivity contribution >= 4 is 0 Å². The topological polar surface area (TPSA) is 60.2 Å². The molecule has 0 saturated carbocycles. The van der Waals surface area contributed by atoms with Crippen LogP contribution in [0.15, 0.2) is 28.9 Å². The van der Waals surface area contributed by atoms with E-state index in [1.807, 2.05) is 25.1 Å². The minimum Gasteiger partial charge on any atom is -0.484 e. The molecule has 5 heteroatoms. The normalized spacial score (nSPS) is 11.0. The van der Waals surface area contributed by atoms with Gasteiger partial charge in [-0.3, -0.25) is 4.98 Å². The Morgan fingerprint density at radius 3 is 3.00 bits per heavy atom. The van der Waals surface area contributed by atoms with Gasteiger partial charge in [0.15, 0.2) is 5.76 Å². The van der Waals surface area contributed by atoms with E-state index in [1.54, 1.807) is 6.20 Å². The minimum absolute atomic E-state index is 0.365. The van der Waals surface area contributed by atoms with Crippen molar-refractivity contribution in [2.24, 2.45) is 5.92 Å². The van der Waals surface area contributed by atoms with Crippen LogP contribution < -0.4 is 10.1 Å². The molecule has 0 aliphatic rings. The molecule has 0 radical (unpaired) electrons. The van der Waals surface area contributed by atoms with Crippen molar-refractivity contribution < 1.29 is 9.26 Å². The fourth-order valence-electron chi connectivity index (χ4n) is 1.77. The summed E-state index contributed by atoms with van der Waals surface area (Å²) in [5, 5.41) is 7.34. The Labute approximate surface area is 119 Å². The van der Waals surface area contributed by atoms with Gasteiger partial charge >= 0.3 is 0 Å². The predicted octanol–water partition coefficient (Wildman–Crippen LogP) is 2.70. The molecule has 0 bridgehead atoms. The highest BCUT2D eigenvalue weighted by Crippen LogP contribution is 2.16. The van der Waals surface area contributed by atoms with Crippen LogP contribution in [0.1, 0.15) is 31.0 Å². The minimum atomic E-state index is 0.365. The smallest absolute Gasteiger partial charge is 0.174 e. The van der Waals surface area contributed by atoms with Crippen LogP contribution in [0.2, 0.25) is 0 Å². The zero-order chi connectivity index (χ0) is 14.4. The van der Waals surface area contributed by atoms with Gasteiger partial charge < -0.3 is 14.6 Å². The standard InChI is InChI=1S/C15H21N3O2/c1-11(2)8-16-9-13-7-14(20-18-13)10-19-15-5-4-6-17-12(15)3/h4-7,11,16H,8-10H2,1-3H3. The summed E-state index contributed by atoms with van der Waals surface area (Å²) in [6.07, 6.45) is 1.75. The molecule has 2 aromatic heterocycles. The number of nitrogens with zero attached hydrogens (tertiary/aromatic N) is 2. The summed E-state index contributed by atoms with van der Waals surface area (Å²) in [5.41, 5.74) is 1.76. The fraction of sp³-hybridized carbons (Fsp3) is 0.467. The highest BCUT2D eigenvalue weighted by Gasteiger charge is 2.06. The Bertz CT molecular complexity index is 537. The molecule has 108 valence electrons. The highest BCUT2D eigenvalue weighted by molar-refractivity contribution is 5.25. The van der Waals surface area contributed by atoms with E-state index in [1.165, 1.54) is 0 Å². The van der Waals surface area contributed by atoms with Gasteiger partial charge in [0.2, 0.25) is 0 Å². The maximum atomic E-state index is 5.66. The van der Waals surface area contributed by atoms with Gasteiger partial charge in [0, 0.05) is 18.8 Å². The largest absolute Gasteiger partial charge is 0.484 e. The van der Waals surface area contributed by atoms with Crippen molar-refractivity contribution in [3.8, 4) is 5.75 Å². The summed E-state index contributed by atoms with van der Waals surface area (Å²) >= 11 is 0. The van der Waals surface area contributed by atoms with Crippen LogP contribution in [0.3, 0.4) is 0 Å². The molecule has 0 spiro atoms. The van der Waals surface area contributed by atoms with Crippen LogP contribution in [0.25, 0.3) is 0 Å². The number of nitrogens with one attached hydrogen (secondary N) is 1. The molecule has 20 heavy (non-hydrogen) atoms. The van der Waals surface area contributed by atoms with Crippen molar-refractivity contribution in [2.45, 2.75) is 33.9 Å². The van der Waals surface area contributed by atoms with Gasteiger partial charge in [-0.1, -0.05) is 19.0 Å². The molecular formula is C15H21N3O2. The Hall–Kier alpha value is -1.88. The lowest BCUT2D eigenvalue weighted by atomic mass is 10.2. The summed E-state index contributed by atoms with van der Waals surface area (Å²) in [4.78, 5) is 4.17. The van der Waals surface area contributed by atoms with Crippen molar-refractivity contribution in [3.05, 3.63) is 41.5 Å². The van der Waals surface area contributed by atoms with Gasteiger partial charge in [-0.25, -0.2) is 0 Å². The van der Waals surface area contributed by atoms with Crippen LogP contribution in [-0.2, 0) is 13.2 Å². The van der Waals surface area contributed by atoms with E-state index < -0.39 is 0 Å². The molecule has 1 N–H and O–H groups in total. The number of aryl methyl sites for hydroxylation is 1. The molecule has 0 aliphatic heterocycles. The van der Waals surface area contributed by atoms with Gasteiger partial charge in [0.05, 0.1) is 11.4 Å². The van der Waals surface area contributed by atoms with Crippen LogP contribution in [0.5, 0.6) is 5.75 Å². The quantitative estimate of drug-likeness (QED) is 0.842. The van der Waals surface area contributed by atoms with Gasteiger partial charge in [0.25, 0.3) is 0 Å². The Morgan fingerprint density at radius 1 is 1.40 bits per heavy atom. The van der Waals surface area contributed by atoms with Crippen molar-refractivity contribution in [1.82, 2.24) is 15.5 Å². The van der Waals surface area contributed by atoms with E-state index >= 15 is 0 Å². The second-order valence-corrected chi connectivity index (χ2v) is 5.18. The molecule has 0 aromatic carbocycles. The van der Waals surface area contributed by atoms with E-state index in [0.29, 0.717) is 19.1 Å². The van der Waals surface area contributed by atoms with Crippen molar-refractivity contribution in [2.75, 3.05) is 6.54 Å². The molecule has 0 atom stereocenters. The third kappa shape index (κ3) is 4.35. The molecule has 0 saturated heterocycles. The number of pyridine rings is 1. The maximum absolute atomic E-state index is 5.66. The van der Waals surface area contributed by atoms with Gasteiger partial charge in [-0.05, 0) is 31.5 Å². The monoisotopic (exact) mass is 275 g/mol. The van der Waals surface area contributed by atoms with Crippen LogP contribution >= 0.6 is 0 Å². The number of hydrogen-bond donors (Lipinski definition) is 1. The van der Waals surface area contributed by atoms with E-state index in [0.717, 1.165) is 29.4 Å². The molecule has 2 aromatic rings. The SMILES string of the molecule is Cc1ncccc1OCc1cc(CNCC(C)C)no1. The number of aromatic nitrogens is 2. The summed E-state index contributed by atoms with van der Waals surface area (Å²) in [5.74, 6) is 2.11. The first-order chi connectivity index (χ1) is 9.65.